The number of hydrogen-bond acceptors (Lipinski definition) is 7. The summed E-state index contributed by atoms with van der Waals surface area (Å²) in [5.41, 5.74) is 8.29. The average Bonchev–Trinajstić information content (AvgIpc) is 2.88. The largest absolute Gasteiger partial charge is 0.497 e. The van der Waals surface area contributed by atoms with Gasteiger partial charge < -0.3 is 30.4 Å². The van der Waals surface area contributed by atoms with E-state index in [0.29, 0.717) is 36.6 Å². The summed E-state index contributed by atoms with van der Waals surface area (Å²) in [5.74, 6) is 1.98. The number of pyridine rings is 2. The fourth-order valence-electron chi connectivity index (χ4n) is 5.05. The van der Waals surface area contributed by atoms with Crippen LogP contribution in [0, 0.1) is 5.92 Å². The minimum Gasteiger partial charge on any atom is -0.497 e. The minimum absolute atomic E-state index is 0.0287. The van der Waals surface area contributed by atoms with E-state index in [-0.39, 0.29) is 24.1 Å². The van der Waals surface area contributed by atoms with Crippen LogP contribution in [0.5, 0.6) is 11.5 Å². The van der Waals surface area contributed by atoms with Crippen LogP contribution in [-0.2, 0) is 17.9 Å². The molecule has 0 unspecified atom stereocenters. The molecule has 0 radical (unpaired) electrons. The van der Waals surface area contributed by atoms with Crippen molar-refractivity contribution in [3.63, 3.8) is 0 Å². The molecule has 1 fully saturated rings. The van der Waals surface area contributed by atoms with Crippen molar-refractivity contribution < 1.29 is 14.3 Å². The monoisotopic (exact) mass is 477 g/mol. The molecule has 0 bridgehead atoms. The van der Waals surface area contributed by atoms with Crippen LogP contribution in [0.1, 0.15) is 31.4 Å². The van der Waals surface area contributed by atoms with Crippen molar-refractivity contribution in [1.29, 1.82) is 0 Å². The first-order valence-corrected chi connectivity index (χ1v) is 12.1. The van der Waals surface area contributed by atoms with Crippen molar-refractivity contribution in [3.05, 3.63) is 58.5 Å². The number of benzene rings is 1. The Hall–Kier alpha value is -3.43. The Morgan fingerprint density at radius 3 is 2.77 bits per heavy atom. The van der Waals surface area contributed by atoms with Crippen molar-refractivity contribution in [2.45, 2.75) is 50.9 Å². The zero-order valence-corrected chi connectivity index (χ0v) is 19.8. The quantitative estimate of drug-likeness (QED) is 0.478. The van der Waals surface area contributed by atoms with Crippen molar-refractivity contribution in [3.8, 4) is 11.5 Å². The molecular formula is C26H31N5O4. The lowest BCUT2D eigenvalue weighted by Gasteiger charge is -2.33. The van der Waals surface area contributed by atoms with Gasteiger partial charge in [-0.15, -0.1) is 0 Å². The van der Waals surface area contributed by atoms with Gasteiger partial charge in [-0.2, -0.15) is 0 Å². The number of rotatable bonds is 7. The Balaban J connectivity index is 1.17. The predicted molar refractivity (Wildman–Crippen MR) is 134 cm³/mol. The van der Waals surface area contributed by atoms with Gasteiger partial charge in [0.05, 0.1) is 18.3 Å². The third kappa shape index (κ3) is 5.16. The summed E-state index contributed by atoms with van der Waals surface area (Å²) < 4.78 is 12.5. The van der Waals surface area contributed by atoms with Crippen LogP contribution < -0.4 is 31.4 Å². The van der Waals surface area contributed by atoms with Gasteiger partial charge >= 0.3 is 0 Å². The molecule has 0 spiro atoms. The summed E-state index contributed by atoms with van der Waals surface area (Å²) >= 11 is 0. The molecule has 9 nitrogen and oxygen atoms in total. The number of carbonyl (C=O) groups is 1. The lowest BCUT2D eigenvalue weighted by atomic mass is 9.81. The van der Waals surface area contributed by atoms with E-state index in [9.17, 15) is 9.59 Å². The molecule has 2 aliphatic rings. The molecule has 1 aromatic carbocycles. The molecule has 3 heterocycles. The van der Waals surface area contributed by atoms with Gasteiger partial charge in [0.25, 0.3) is 11.5 Å². The van der Waals surface area contributed by atoms with E-state index in [1.807, 2.05) is 36.4 Å². The van der Waals surface area contributed by atoms with E-state index in [0.717, 1.165) is 48.0 Å². The van der Waals surface area contributed by atoms with E-state index in [2.05, 4.69) is 15.6 Å². The van der Waals surface area contributed by atoms with E-state index >= 15 is 0 Å². The molecule has 5 rings (SSSR count). The number of anilines is 1. The topological polar surface area (TPSA) is 121 Å². The summed E-state index contributed by atoms with van der Waals surface area (Å²) in [7, 11) is 1.62. The molecule has 9 heteroatoms. The molecule has 1 atom stereocenters. The fourth-order valence-corrected chi connectivity index (χ4v) is 5.05. The maximum atomic E-state index is 12.7. The number of carbonyl (C=O) groups excluding carboxylic acids is 1. The number of nitrogens with zero attached hydrogens (tertiary/aromatic N) is 2. The first kappa shape index (κ1) is 23.3. The number of hydrogen-bond donors (Lipinski definition) is 3. The lowest BCUT2D eigenvalue weighted by Crippen LogP contribution is -2.42. The Morgan fingerprint density at radius 1 is 1.17 bits per heavy atom. The second kappa shape index (κ2) is 10.1. The molecule has 4 N–H and O–H groups in total. The number of aromatic nitrogens is 2. The molecule has 3 aromatic rings. The highest BCUT2D eigenvalue weighted by atomic mass is 16.5. The van der Waals surface area contributed by atoms with Gasteiger partial charge in [-0.3, -0.25) is 9.59 Å². The van der Waals surface area contributed by atoms with Gasteiger partial charge in [0.1, 0.15) is 5.75 Å². The molecule has 1 amide bonds. The van der Waals surface area contributed by atoms with Crippen LogP contribution in [0.2, 0.25) is 0 Å². The van der Waals surface area contributed by atoms with Crippen LogP contribution in [-0.4, -0.2) is 41.3 Å². The highest BCUT2D eigenvalue weighted by Gasteiger charge is 2.26. The Bertz CT molecular complexity index is 1280. The molecule has 2 aromatic heterocycles. The highest BCUT2D eigenvalue weighted by Crippen LogP contribution is 2.29. The number of nitrogens with two attached hydrogens (primary N) is 1. The van der Waals surface area contributed by atoms with E-state index in [1.54, 1.807) is 17.7 Å². The smallest absolute Gasteiger partial charge is 0.263 e. The molecular weight excluding hydrogens is 446 g/mol. The number of fused-ring (bicyclic) bond motifs is 2. The number of methoxy groups -OCH3 is 1. The zero-order valence-electron chi connectivity index (χ0n) is 19.8. The first-order valence-electron chi connectivity index (χ1n) is 12.1. The van der Waals surface area contributed by atoms with Gasteiger partial charge in [-0.05, 0) is 67.3 Å². The second-order valence-corrected chi connectivity index (χ2v) is 9.35. The number of amides is 1. The van der Waals surface area contributed by atoms with Gasteiger partial charge in [0.2, 0.25) is 0 Å². The minimum atomic E-state index is -0.185. The summed E-state index contributed by atoms with van der Waals surface area (Å²) in [6.45, 7) is 1.14. The first-order chi connectivity index (χ1) is 17.0. The Morgan fingerprint density at radius 2 is 1.97 bits per heavy atom. The molecule has 1 saturated carbocycles. The van der Waals surface area contributed by atoms with Crippen LogP contribution in [0.25, 0.3) is 10.9 Å². The maximum absolute atomic E-state index is 12.7. The average molecular weight is 478 g/mol. The van der Waals surface area contributed by atoms with Crippen LogP contribution in [0.3, 0.4) is 0 Å². The van der Waals surface area contributed by atoms with Crippen LogP contribution in [0.15, 0.2) is 47.3 Å². The van der Waals surface area contributed by atoms with Crippen molar-refractivity contribution >= 4 is 22.6 Å². The van der Waals surface area contributed by atoms with Gasteiger partial charge in [0.15, 0.2) is 18.2 Å². The molecule has 35 heavy (non-hydrogen) atoms. The summed E-state index contributed by atoms with van der Waals surface area (Å²) in [6, 6.07) is 13.3. The molecule has 0 saturated heterocycles. The number of ether oxygens (including phenoxy) is 2. The van der Waals surface area contributed by atoms with Crippen LogP contribution in [0.4, 0.5) is 5.82 Å². The Kier molecular flexibility index (Phi) is 6.70. The van der Waals surface area contributed by atoms with E-state index in [1.165, 1.54) is 0 Å². The van der Waals surface area contributed by atoms with Crippen molar-refractivity contribution in [2.24, 2.45) is 11.7 Å². The fraction of sp³-hybridized carbons (Fsp3) is 0.423. The lowest BCUT2D eigenvalue weighted by molar-refractivity contribution is -0.118. The van der Waals surface area contributed by atoms with E-state index in [4.69, 9.17) is 15.2 Å². The van der Waals surface area contributed by atoms with Gasteiger partial charge in [0, 0.05) is 37.3 Å². The van der Waals surface area contributed by atoms with Gasteiger partial charge in [-0.25, -0.2) is 4.98 Å². The second-order valence-electron chi connectivity index (χ2n) is 9.35. The zero-order chi connectivity index (χ0) is 24.4. The third-order valence-electron chi connectivity index (χ3n) is 7.07. The maximum Gasteiger partial charge on any atom is 0.263 e. The summed E-state index contributed by atoms with van der Waals surface area (Å²) in [6.07, 6.45) is 4.04. The van der Waals surface area contributed by atoms with Crippen LogP contribution >= 0.6 is 0 Å². The standard InChI is InChI=1S/C26H31N5O4/c1-34-20-9-4-17-5-11-25(33)31(22(17)12-20)14-21(27)16-2-6-18(7-3-16)28-13-19-8-10-23-26(29-19)30-24(32)15-35-23/h4-5,8-12,16,18,21,28H,2-3,6-7,13-15,27H2,1H3,(H,29,30,32)/t16?,18?,21-/m0/s1. The van der Waals surface area contributed by atoms with Gasteiger partial charge in [-0.1, -0.05) is 0 Å². The SMILES string of the molecule is COc1ccc2ccc(=O)n(C[C@H](N)C3CCC(NCc4ccc5c(n4)NC(=O)CO5)CC3)c2c1. The molecule has 1 aliphatic carbocycles. The highest BCUT2D eigenvalue weighted by molar-refractivity contribution is 5.94. The van der Waals surface area contributed by atoms with E-state index < -0.39 is 0 Å². The Labute approximate surface area is 203 Å². The van der Waals surface area contributed by atoms with Crippen molar-refractivity contribution in [1.82, 2.24) is 14.9 Å². The summed E-state index contributed by atoms with van der Waals surface area (Å²) in [4.78, 5) is 28.7. The number of nitrogens with one attached hydrogen (secondary N) is 2. The predicted octanol–water partition coefficient (Wildman–Crippen LogP) is 2.41. The third-order valence-corrected chi connectivity index (χ3v) is 7.07. The van der Waals surface area contributed by atoms with Crippen molar-refractivity contribution in [2.75, 3.05) is 19.0 Å². The normalized spacial score (nSPS) is 20.6. The summed E-state index contributed by atoms with van der Waals surface area (Å²) in [5, 5.41) is 7.33. The molecule has 184 valence electrons. The molecule has 1 aliphatic heterocycles.